The second-order valence-electron chi connectivity index (χ2n) is 5.47. The van der Waals surface area contributed by atoms with Gasteiger partial charge in [0.1, 0.15) is 10.6 Å². The molecule has 0 aliphatic rings. The summed E-state index contributed by atoms with van der Waals surface area (Å²) in [6, 6.07) is 5.57. The minimum Gasteiger partial charge on any atom is -0.495 e. The van der Waals surface area contributed by atoms with Crippen molar-refractivity contribution in [2.75, 3.05) is 12.4 Å². The van der Waals surface area contributed by atoms with Gasteiger partial charge in [0.25, 0.3) is 5.91 Å². The Kier molecular flexibility index (Phi) is 5.25. The molecule has 0 saturated heterocycles. The van der Waals surface area contributed by atoms with Crippen molar-refractivity contribution < 1.29 is 17.9 Å². The van der Waals surface area contributed by atoms with E-state index in [0.717, 1.165) is 0 Å². The minimum absolute atomic E-state index is 0.0904. The fourth-order valence-corrected chi connectivity index (χ4v) is 3.52. The third-order valence-electron chi connectivity index (χ3n) is 3.06. The molecule has 8 nitrogen and oxygen atoms in total. The Bertz CT molecular complexity index is 843. The van der Waals surface area contributed by atoms with E-state index >= 15 is 0 Å². The van der Waals surface area contributed by atoms with E-state index in [1.807, 2.05) is 0 Å². The van der Waals surface area contributed by atoms with Gasteiger partial charge >= 0.3 is 0 Å². The molecule has 0 bridgehead atoms. The Morgan fingerprint density at radius 2 is 2.00 bits per heavy atom. The van der Waals surface area contributed by atoms with Crippen LogP contribution >= 0.6 is 0 Å². The second-order valence-corrected chi connectivity index (χ2v) is 7.15. The van der Waals surface area contributed by atoms with Crippen LogP contribution in [0.25, 0.3) is 0 Å². The molecular weight excluding hydrogens is 332 g/mol. The van der Waals surface area contributed by atoms with Gasteiger partial charge in [-0.25, -0.2) is 13.1 Å². The summed E-state index contributed by atoms with van der Waals surface area (Å²) in [5.41, 5.74) is 0.186. The van der Waals surface area contributed by atoms with E-state index in [-0.39, 0.29) is 22.3 Å². The number of methoxy groups -OCH3 is 1. The Hall–Kier alpha value is -2.39. The van der Waals surface area contributed by atoms with Gasteiger partial charge in [-0.2, -0.15) is 5.10 Å². The summed E-state index contributed by atoms with van der Waals surface area (Å²) in [6.07, 6.45) is 1.69. The van der Waals surface area contributed by atoms with E-state index in [2.05, 4.69) is 15.1 Å². The maximum atomic E-state index is 12.4. The van der Waals surface area contributed by atoms with Crippen molar-refractivity contribution in [2.45, 2.75) is 24.8 Å². The Morgan fingerprint density at radius 3 is 2.54 bits per heavy atom. The molecule has 1 aromatic carbocycles. The Labute approximate surface area is 140 Å². The second kappa shape index (κ2) is 7.02. The van der Waals surface area contributed by atoms with Gasteiger partial charge in [-0.15, -0.1) is 0 Å². The minimum atomic E-state index is -3.80. The van der Waals surface area contributed by atoms with Gasteiger partial charge in [0.15, 0.2) is 5.82 Å². The van der Waals surface area contributed by atoms with Gasteiger partial charge in [0.05, 0.1) is 7.11 Å². The molecule has 1 amide bonds. The first-order valence-electron chi connectivity index (χ1n) is 7.24. The summed E-state index contributed by atoms with van der Waals surface area (Å²) in [7, 11) is -0.702. The number of carbonyl (C=O) groups is 1. The molecule has 0 aliphatic carbocycles. The van der Waals surface area contributed by atoms with Crippen LogP contribution in [0.15, 0.2) is 35.4 Å². The van der Waals surface area contributed by atoms with Gasteiger partial charge in [-0.1, -0.05) is 0 Å². The van der Waals surface area contributed by atoms with Gasteiger partial charge in [-0.05, 0) is 32.0 Å². The van der Waals surface area contributed by atoms with E-state index < -0.39 is 15.9 Å². The van der Waals surface area contributed by atoms with Crippen LogP contribution in [0, 0.1) is 0 Å². The number of rotatable bonds is 6. The topological polar surface area (TPSA) is 102 Å². The lowest BCUT2D eigenvalue weighted by Gasteiger charge is -2.14. The number of nitrogens with one attached hydrogen (secondary N) is 2. The average molecular weight is 352 g/mol. The highest BCUT2D eigenvalue weighted by atomic mass is 32.2. The van der Waals surface area contributed by atoms with Gasteiger partial charge < -0.3 is 10.1 Å². The molecular formula is C15H20N4O4S. The first-order chi connectivity index (χ1) is 11.2. The van der Waals surface area contributed by atoms with Crippen LogP contribution in [0.3, 0.4) is 0 Å². The highest BCUT2D eigenvalue weighted by molar-refractivity contribution is 7.89. The van der Waals surface area contributed by atoms with E-state index in [1.165, 1.54) is 25.3 Å². The van der Waals surface area contributed by atoms with Crippen LogP contribution in [0.4, 0.5) is 5.82 Å². The molecule has 24 heavy (non-hydrogen) atoms. The predicted octanol–water partition coefficient (Wildman–Crippen LogP) is 1.37. The average Bonchev–Trinajstić information content (AvgIpc) is 2.90. The van der Waals surface area contributed by atoms with Crippen LogP contribution in [0.5, 0.6) is 5.75 Å². The number of aryl methyl sites for hydroxylation is 1. The van der Waals surface area contributed by atoms with Crippen LogP contribution in [0.2, 0.25) is 0 Å². The zero-order valence-electron chi connectivity index (χ0n) is 13.9. The number of hydrogen-bond acceptors (Lipinski definition) is 5. The number of anilines is 1. The molecule has 0 aliphatic heterocycles. The Morgan fingerprint density at radius 1 is 1.29 bits per heavy atom. The van der Waals surface area contributed by atoms with Crippen molar-refractivity contribution in [2.24, 2.45) is 7.05 Å². The first-order valence-corrected chi connectivity index (χ1v) is 8.72. The molecule has 9 heteroatoms. The fourth-order valence-electron chi connectivity index (χ4n) is 2.07. The zero-order valence-corrected chi connectivity index (χ0v) is 14.7. The van der Waals surface area contributed by atoms with Crippen molar-refractivity contribution in [1.29, 1.82) is 0 Å². The maximum Gasteiger partial charge on any atom is 0.256 e. The van der Waals surface area contributed by atoms with E-state index in [1.54, 1.807) is 37.8 Å². The zero-order chi connectivity index (χ0) is 17.9. The summed E-state index contributed by atoms with van der Waals surface area (Å²) >= 11 is 0. The third kappa shape index (κ3) is 4.12. The van der Waals surface area contributed by atoms with E-state index in [9.17, 15) is 13.2 Å². The van der Waals surface area contributed by atoms with E-state index in [4.69, 9.17) is 4.74 Å². The molecule has 2 rings (SSSR count). The molecule has 0 saturated carbocycles. The molecule has 1 aromatic heterocycles. The smallest absolute Gasteiger partial charge is 0.256 e. The van der Waals surface area contributed by atoms with Crippen molar-refractivity contribution in [3.8, 4) is 5.75 Å². The monoisotopic (exact) mass is 352 g/mol. The predicted molar refractivity (Wildman–Crippen MR) is 89.6 cm³/mol. The number of benzene rings is 1. The highest BCUT2D eigenvalue weighted by Crippen LogP contribution is 2.25. The number of hydrogen-bond donors (Lipinski definition) is 2. The summed E-state index contributed by atoms with van der Waals surface area (Å²) < 4.78 is 34.0. The summed E-state index contributed by atoms with van der Waals surface area (Å²) in [4.78, 5) is 12.2. The molecule has 130 valence electrons. The number of amides is 1. The van der Waals surface area contributed by atoms with Crippen LogP contribution in [-0.2, 0) is 17.1 Å². The van der Waals surface area contributed by atoms with Crippen molar-refractivity contribution in [3.05, 3.63) is 36.0 Å². The van der Waals surface area contributed by atoms with E-state index in [0.29, 0.717) is 5.82 Å². The molecule has 0 fully saturated rings. The molecule has 2 N–H and O–H groups in total. The van der Waals surface area contributed by atoms with Gasteiger partial charge in [0, 0.05) is 30.9 Å². The quantitative estimate of drug-likeness (QED) is 0.817. The molecule has 0 atom stereocenters. The molecule has 1 heterocycles. The maximum absolute atomic E-state index is 12.4. The standard InChI is InChI=1S/C15H20N4O4S/c1-10(2)18-24(21,22)13-9-11(5-6-12(13)23-4)15(20)16-14-7-8-19(3)17-14/h5-10,18H,1-4H3,(H,16,17,20). The normalized spacial score (nSPS) is 11.5. The lowest BCUT2D eigenvalue weighted by molar-refractivity contribution is 0.102. The lowest BCUT2D eigenvalue weighted by Crippen LogP contribution is -2.30. The van der Waals surface area contributed by atoms with Crippen LogP contribution < -0.4 is 14.8 Å². The number of aromatic nitrogens is 2. The number of nitrogens with zero attached hydrogens (tertiary/aromatic N) is 2. The van der Waals surface area contributed by atoms with Crippen LogP contribution in [0.1, 0.15) is 24.2 Å². The highest BCUT2D eigenvalue weighted by Gasteiger charge is 2.22. The number of carbonyl (C=O) groups excluding carboxylic acids is 1. The van der Waals surface area contributed by atoms with Gasteiger partial charge in [0.2, 0.25) is 10.0 Å². The Balaban J connectivity index is 2.35. The van der Waals surface area contributed by atoms with Crippen molar-refractivity contribution >= 4 is 21.7 Å². The fraction of sp³-hybridized carbons (Fsp3) is 0.333. The summed E-state index contributed by atoms with van der Waals surface area (Å²) in [5, 5.41) is 6.66. The molecule has 2 aromatic rings. The largest absolute Gasteiger partial charge is 0.495 e. The molecule has 0 radical (unpaired) electrons. The lowest BCUT2D eigenvalue weighted by atomic mass is 10.2. The van der Waals surface area contributed by atoms with Crippen LogP contribution in [-0.4, -0.2) is 37.3 Å². The van der Waals surface area contributed by atoms with Gasteiger partial charge in [-0.3, -0.25) is 9.48 Å². The third-order valence-corrected chi connectivity index (χ3v) is 4.74. The molecule has 0 unspecified atom stereocenters. The summed E-state index contributed by atoms with van der Waals surface area (Å²) in [6.45, 7) is 3.42. The number of sulfonamides is 1. The molecule has 0 spiro atoms. The summed E-state index contributed by atoms with van der Waals surface area (Å²) in [5.74, 6) is 0.0814. The first kappa shape index (κ1) is 18.0. The van der Waals surface area contributed by atoms with Crippen molar-refractivity contribution in [1.82, 2.24) is 14.5 Å². The number of ether oxygens (including phenoxy) is 1. The SMILES string of the molecule is COc1ccc(C(=O)Nc2ccn(C)n2)cc1S(=O)(=O)NC(C)C. The van der Waals surface area contributed by atoms with Crippen molar-refractivity contribution in [3.63, 3.8) is 0 Å².